The Labute approximate surface area is 133 Å². The summed E-state index contributed by atoms with van der Waals surface area (Å²) in [4.78, 5) is 4.70. The zero-order valence-corrected chi connectivity index (χ0v) is 13.7. The molecule has 0 amide bonds. The van der Waals surface area contributed by atoms with E-state index in [1.165, 1.54) is 6.42 Å². The maximum atomic E-state index is 9.61. The van der Waals surface area contributed by atoms with E-state index in [9.17, 15) is 5.26 Å². The number of ether oxygens (including phenoxy) is 2. The van der Waals surface area contributed by atoms with Crippen LogP contribution in [-0.2, 0) is 0 Å². The number of nitriles is 1. The van der Waals surface area contributed by atoms with Gasteiger partial charge in [-0.25, -0.2) is 0 Å². The van der Waals surface area contributed by atoms with Crippen LogP contribution in [0.4, 0.5) is 0 Å². The van der Waals surface area contributed by atoms with Crippen molar-refractivity contribution in [3.05, 3.63) is 23.8 Å². The highest BCUT2D eigenvalue weighted by Gasteiger charge is 2.25. The Morgan fingerprint density at radius 1 is 1.14 bits per heavy atom. The van der Waals surface area contributed by atoms with E-state index in [2.05, 4.69) is 22.8 Å². The summed E-state index contributed by atoms with van der Waals surface area (Å²) in [7, 11) is 3.23. The fourth-order valence-corrected chi connectivity index (χ4v) is 2.95. The van der Waals surface area contributed by atoms with Crippen molar-refractivity contribution in [3.63, 3.8) is 0 Å². The first-order valence-electron chi connectivity index (χ1n) is 7.81. The number of hydrogen-bond donors (Lipinski definition) is 0. The molecule has 0 bridgehead atoms. The molecule has 2 rings (SSSR count). The monoisotopic (exact) mass is 303 g/mol. The molecule has 1 saturated heterocycles. The minimum absolute atomic E-state index is 0.233. The summed E-state index contributed by atoms with van der Waals surface area (Å²) < 4.78 is 10.6. The third-order valence-electron chi connectivity index (χ3n) is 4.16. The highest BCUT2D eigenvalue weighted by atomic mass is 16.5. The first-order valence-corrected chi connectivity index (χ1v) is 7.81. The first kappa shape index (κ1) is 16.6. The summed E-state index contributed by atoms with van der Waals surface area (Å²) in [6.07, 6.45) is 1.18. The van der Waals surface area contributed by atoms with Gasteiger partial charge in [-0.15, -0.1) is 0 Å². The molecule has 0 spiro atoms. The predicted molar refractivity (Wildman–Crippen MR) is 86.2 cm³/mol. The summed E-state index contributed by atoms with van der Waals surface area (Å²) in [5, 5.41) is 9.61. The van der Waals surface area contributed by atoms with Crippen LogP contribution in [0.25, 0.3) is 0 Å². The molecule has 22 heavy (non-hydrogen) atoms. The van der Waals surface area contributed by atoms with Crippen molar-refractivity contribution in [1.82, 2.24) is 9.80 Å². The molecule has 0 saturated carbocycles. The Morgan fingerprint density at radius 3 is 2.36 bits per heavy atom. The van der Waals surface area contributed by atoms with Gasteiger partial charge in [0.25, 0.3) is 0 Å². The summed E-state index contributed by atoms with van der Waals surface area (Å²) in [6, 6.07) is 7.93. The normalized spacial score (nSPS) is 17.7. The molecule has 5 nitrogen and oxygen atoms in total. The second kappa shape index (κ2) is 8.02. The van der Waals surface area contributed by atoms with Crippen LogP contribution in [-0.4, -0.2) is 56.7 Å². The molecule has 1 aromatic carbocycles. The van der Waals surface area contributed by atoms with E-state index in [4.69, 9.17) is 9.47 Å². The first-order chi connectivity index (χ1) is 10.7. The zero-order chi connectivity index (χ0) is 15.9. The summed E-state index contributed by atoms with van der Waals surface area (Å²) in [5.41, 5.74) is 0.962. The second-order valence-corrected chi connectivity index (χ2v) is 5.52. The molecular formula is C17H25N3O2. The van der Waals surface area contributed by atoms with Crippen molar-refractivity contribution in [2.24, 2.45) is 0 Å². The Kier molecular flexibility index (Phi) is 6.05. The minimum atomic E-state index is -0.233. The van der Waals surface area contributed by atoms with Gasteiger partial charge >= 0.3 is 0 Å². The molecule has 120 valence electrons. The van der Waals surface area contributed by atoms with Gasteiger partial charge in [0.1, 0.15) is 6.04 Å². The van der Waals surface area contributed by atoms with E-state index in [-0.39, 0.29) is 6.04 Å². The van der Waals surface area contributed by atoms with Gasteiger partial charge in [-0.1, -0.05) is 13.0 Å². The summed E-state index contributed by atoms with van der Waals surface area (Å²) in [5.74, 6) is 1.36. The fourth-order valence-electron chi connectivity index (χ4n) is 2.95. The molecule has 5 heteroatoms. The van der Waals surface area contributed by atoms with Crippen LogP contribution in [0.1, 0.15) is 24.9 Å². The molecule has 0 aliphatic carbocycles. The van der Waals surface area contributed by atoms with Crippen LogP contribution in [0.5, 0.6) is 11.5 Å². The number of nitrogens with zero attached hydrogens (tertiary/aromatic N) is 3. The third-order valence-corrected chi connectivity index (χ3v) is 4.16. The number of rotatable bonds is 6. The smallest absolute Gasteiger partial charge is 0.161 e. The maximum absolute atomic E-state index is 9.61. The van der Waals surface area contributed by atoms with Crippen molar-refractivity contribution in [2.75, 3.05) is 46.9 Å². The average Bonchev–Trinajstić information content (AvgIpc) is 2.57. The topological polar surface area (TPSA) is 48.7 Å². The molecule has 1 atom stereocenters. The van der Waals surface area contributed by atoms with E-state index in [0.717, 1.165) is 38.3 Å². The van der Waals surface area contributed by atoms with Crippen LogP contribution in [0.2, 0.25) is 0 Å². The Hall–Kier alpha value is -1.77. The van der Waals surface area contributed by atoms with Gasteiger partial charge in [0.05, 0.1) is 20.3 Å². The van der Waals surface area contributed by atoms with Crippen molar-refractivity contribution in [1.29, 1.82) is 5.26 Å². The van der Waals surface area contributed by atoms with Crippen LogP contribution in [0.3, 0.4) is 0 Å². The number of benzene rings is 1. The number of hydrogen-bond acceptors (Lipinski definition) is 5. The fraction of sp³-hybridized carbons (Fsp3) is 0.588. The van der Waals surface area contributed by atoms with Gasteiger partial charge in [0, 0.05) is 26.2 Å². The van der Waals surface area contributed by atoms with E-state index in [1.54, 1.807) is 14.2 Å². The van der Waals surface area contributed by atoms with Crippen molar-refractivity contribution < 1.29 is 9.47 Å². The van der Waals surface area contributed by atoms with Crippen molar-refractivity contribution in [2.45, 2.75) is 19.4 Å². The highest BCUT2D eigenvalue weighted by molar-refractivity contribution is 5.44. The molecule has 0 aromatic heterocycles. The predicted octanol–water partition coefficient (Wildman–Crippen LogP) is 2.30. The van der Waals surface area contributed by atoms with E-state index in [0.29, 0.717) is 11.5 Å². The van der Waals surface area contributed by atoms with Crippen LogP contribution in [0.15, 0.2) is 18.2 Å². The molecule has 0 radical (unpaired) electrons. The Morgan fingerprint density at radius 2 is 1.82 bits per heavy atom. The molecule has 1 aliphatic heterocycles. The quantitative estimate of drug-likeness (QED) is 0.807. The SMILES string of the molecule is CCCN1CCN(C(C#N)c2ccc(OC)c(OC)c2)CC1. The van der Waals surface area contributed by atoms with Crippen molar-refractivity contribution >= 4 is 0 Å². The van der Waals surface area contributed by atoms with Gasteiger partial charge in [0.2, 0.25) is 0 Å². The molecule has 0 N–H and O–H groups in total. The van der Waals surface area contributed by atoms with E-state index in [1.807, 2.05) is 18.2 Å². The maximum Gasteiger partial charge on any atom is 0.161 e. The zero-order valence-electron chi connectivity index (χ0n) is 13.7. The Balaban J connectivity index is 2.11. The largest absolute Gasteiger partial charge is 0.493 e. The van der Waals surface area contributed by atoms with E-state index < -0.39 is 0 Å². The summed E-state index contributed by atoms with van der Waals surface area (Å²) in [6.45, 7) is 7.24. The average molecular weight is 303 g/mol. The van der Waals surface area contributed by atoms with Crippen LogP contribution in [0, 0.1) is 11.3 Å². The minimum Gasteiger partial charge on any atom is -0.493 e. The number of piperazine rings is 1. The van der Waals surface area contributed by atoms with Crippen LogP contribution >= 0.6 is 0 Å². The molecule has 1 aromatic rings. The molecule has 1 fully saturated rings. The van der Waals surface area contributed by atoms with Gasteiger partial charge in [-0.3, -0.25) is 4.90 Å². The third kappa shape index (κ3) is 3.70. The molecule has 1 unspecified atom stereocenters. The van der Waals surface area contributed by atoms with E-state index >= 15 is 0 Å². The van der Waals surface area contributed by atoms with Crippen molar-refractivity contribution in [3.8, 4) is 17.6 Å². The summed E-state index contributed by atoms with van der Waals surface area (Å²) >= 11 is 0. The lowest BCUT2D eigenvalue weighted by molar-refractivity contribution is 0.114. The lowest BCUT2D eigenvalue weighted by Gasteiger charge is -2.37. The second-order valence-electron chi connectivity index (χ2n) is 5.52. The lowest BCUT2D eigenvalue weighted by Crippen LogP contribution is -2.47. The van der Waals surface area contributed by atoms with Gasteiger partial charge in [0.15, 0.2) is 11.5 Å². The van der Waals surface area contributed by atoms with Gasteiger partial charge in [-0.05, 0) is 30.7 Å². The lowest BCUT2D eigenvalue weighted by atomic mass is 10.0. The van der Waals surface area contributed by atoms with Gasteiger partial charge in [-0.2, -0.15) is 5.26 Å². The standard InChI is InChI=1S/C17H25N3O2/c1-4-7-19-8-10-20(11-9-19)15(13-18)14-5-6-16(21-2)17(12-14)22-3/h5-6,12,15H,4,7-11H2,1-3H3. The highest BCUT2D eigenvalue weighted by Crippen LogP contribution is 2.32. The van der Waals surface area contributed by atoms with Gasteiger partial charge < -0.3 is 14.4 Å². The molecule has 1 aliphatic rings. The molecule has 1 heterocycles. The number of methoxy groups -OCH3 is 2. The van der Waals surface area contributed by atoms with Crippen LogP contribution < -0.4 is 9.47 Å². The Bertz CT molecular complexity index is 519. The molecular weight excluding hydrogens is 278 g/mol.